The molecule has 4 heterocycles. The number of aromatic amines is 1. The Kier molecular flexibility index (Phi) is 4.24. The molecule has 3 aliphatic heterocycles. The number of aryl methyl sites for hydroxylation is 1. The first-order chi connectivity index (χ1) is 12.9. The van der Waals surface area contributed by atoms with Crippen molar-refractivity contribution in [2.45, 2.75) is 57.5 Å². The molecule has 8 nitrogen and oxygen atoms in total. The number of hydrogen-bond acceptors (Lipinski definition) is 4. The van der Waals surface area contributed by atoms with Crippen LogP contribution in [-0.4, -0.2) is 56.3 Å². The van der Waals surface area contributed by atoms with Crippen LogP contribution in [0.5, 0.6) is 0 Å². The summed E-state index contributed by atoms with van der Waals surface area (Å²) in [5.74, 6) is -0.203. The first kappa shape index (κ1) is 18.0. The number of nitrogens with zero attached hydrogens (tertiary/aromatic N) is 3. The summed E-state index contributed by atoms with van der Waals surface area (Å²) in [6.07, 6.45) is 6.38. The highest BCUT2D eigenvalue weighted by molar-refractivity contribution is 5.96. The molecule has 2 bridgehead atoms. The Balaban J connectivity index is 1.68. The van der Waals surface area contributed by atoms with Crippen molar-refractivity contribution < 1.29 is 9.59 Å². The van der Waals surface area contributed by atoms with Gasteiger partial charge in [0, 0.05) is 38.4 Å². The Morgan fingerprint density at radius 1 is 1.22 bits per heavy atom. The van der Waals surface area contributed by atoms with Crippen molar-refractivity contribution in [1.29, 1.82) is 0 Å². The summed E-state index contributed by atoms with van der Waals surface area (Å²) < 4.78 is 1.20. The van der Waals surface area contributed by atoms with Gasteiger partial charge >= 0.3 is 5.69 Å². The van der Waals surface area contributed by atoms with Crippen LogP contribution in [-0.2, 0) is 11.8 Å². The van der Waals surface area contributed by atoms with Gasteiger partial charge in [-0.3, -0.25) is 19.4 Å². The van der Waals surface area contributed by atoms with Gasteiger partial charge in [-0.1, -0.05) is 6.92 Å². The summed E-state index contributed by atoms with van der Waals surface area (Å²) in [6, 6.07) is -0.199. The largest absolute Gasteiger partial charge is 0.342 e. The van der Waals surface area contributed by atoms with Crippen molar-refractivity contribution in [1.82, 2.24) is 19.4 Å². The molecule has 3 saturated heterocycles. The predicted octanol–water partition coefficient (Wildman–Crippen LogP) is 0.469. The standard InChI is InChI=1S/C19H26N4O4/c1-3-19(17(26)22-8-4-5-9-22)10-12-6-7-14(19)23(12)16(25)13-11-21(2)18(27)20-15(13)24/h11-12,14H,3-10H2,1-2H3,(H,20,24,27)/t12-,14+,19+/m1/s1. The predicted molar refractivity (Wildman–Crippen MR) is 98.4 cm³/mol. The van der Waals surface area contributed by atoms with Crippen LogP contribution in [0, 0.1) is 5.41 Å². The molecule has 0 radical (unpaired) electrons. The molecule has 2 amide bonds. The summed E-state index contributed by atoms with van der Waals surface area (Å²) in [5, 5.41) is 0. The molecule has 3 aliphatic rings. The van der Waals surface area contributed by atoms with Gasteiger partial charge in [0.1, 0.15) is 5.56 Å². The van der Waals surface area contributed by atoms with Crippen molar-refractivity contribution in [3.63, 3.8) is 0 Å². The van der Waals surface area contributed by atoms with Gasteiger partial charge in [0.15, 0.2) is 0 Å². The van der Waals surface area contributed by atoms with Crippen LogP contribution in [0.1, 0.15) is 55.8 Å². The van der Waals surface area contributed by atoms with Gasteiger partial charge in [-0.2, -0.15) is 0 Å². The number of nitrogens with one attached hydrogen (secondary N) is 1. The van der Waals surface area contributed by atoms with E-state index in [1.165, 1.54) is 17.8 Å². The van der Waals surface area contributed by atoms with E-state index in [1.807, 2.05) is 11.8 Å². The first-order valence-corrected chi connectivity index (χ1v) is 9.81. The molecule has 0 unspecified atom stereocenters. The second-order valence-corrected chi connectivity index (χ2v) is 8.09. The molecule has 1 aromatic heterocycles. The number of likely N-dealkylation sites (tertiary alicyclic amines) is 1. The average molecular weight is 374 g/mol. The fraction of sp³-hybridized carbons (Fsp3) is 0.684. The normalized spacial score (nSPS) is 29.6. The number of rotatable bonds is 3. The van der Waals surface area contributed by atoms with E-state index in [0.29, 0.717) is 12.8 Å². The molecular weight excluding hydrogens is 348 g/mol. The van der Waals surface area contributed by atoms with Gasteiger partial charge in [0.05, 0.1) is 5.41 Å². The third-order valence-corrected chi connectivity index (χ3v) is 6.76. The lowest BCUT2D eigenvalue weighted by Gasteiger charge is -2.38. The Morgan fingerprint density at radius 2 is 1.93 bits per heavy atom. The van der Waals surface area contributed by atoms with Crippen molar-refractivity contribution in [2.24, 2.45) is 12.5 Å². The number of aromatic nitrogens is 2. The fourth-order valence-corrected chi connectivity index (χ4v) is 5.34. The maximum absolute atomic E-state index is 13.3. The highest BCUT2D eigenvalue weighted by atomic mass is 16.2. The van der Waals surface area contributed by atoms with Gasteiger partial charge in [-0.05, 0) is 38.5 Å². The SMILES string of the molecule is CC[C@]1(C(=O)N2CCCC2)C[C@H]2CC[C@@H]1N2C(=O)c1cn(C)c(=O)[nH]c1=O. The molecule has 0 spiro atoms. The molecule has 3 fully saturated rings. The van der Waals surface area contributed by atoms with E-state index in [0.717, 1.165) is 38.8 Å². The lowest BCUT2D eigenvalue weighted by atomic mass is 9.71. The molecule has 3 atom stereocenters. The molecule has 146 valence electrons. The zero-order chi connectivity index (χ0) is 19.3. The Labute approximate surface area is 157 Å². The van der Waals surface area contributed by atoms with Crippen LogP contribution in [0.15, 0.2) is 15.8 Å². The lowest BCUT2D eigenvalue weighted by Crippen LogP contribution is -2.51. The van der Waals surface area contributed by atoms with Gasteiger partial charge in [-0.15, -0.1) is 0 Å². The second kappa shape index (κ2) is 6.35. The van der Waals surface area contributed by atoms with Crippen molar-refractivity contribution in [3.8, 4) is 0 Å². The maximum atomic E-state index is 13.3. The average Bonchev–Trinajstić information content (AvgIpc) is 3.38. The molecule has 0 aromatic carbocycles. The summed E-state index contributed by atoms with van der Waals surface area (Å²) in [7, 11) is 1.50. The molecule has 1 N–H and O–H groups in total. The van der Waals surface area contributed by atoms with Crippen LogP contribution < -0.4 is 11.2 Å². The monoisotopic (exact) mass is 374 g/mol. The van der Waals surface area contributed by atoms with Crippen LogP contribution >= 0.6 is 0 Å². The highest BCUT2D eigenvalue weighted by Gasteiger charge is 2.61. The summed E-state index contributed by atoms with van der Waals surface area (Å²) in [4.78, 5) is 56.2. The van der Waals surface area contributed by atoms with Gasteiger partial charge in [-0.25, -0.2) is 4.79 Å². The van der Waals surface area contributed by atoms with Crippen LogP contribution in [0.2, 0.25) is 0 Å². The maximum Gasteiger partial charge on any atom is 0.328 e. The van der Waals surface area contributed by atoms with E-state index in [4.69, 9.17) is 0 Å². The number of hydrogen-bond donors (Lipinski definition) is 1. The fourth-order valence-electron chi connectivity index (χ4n) is 5.34. The molecule has 27 heavy (non-hydrogen) atoms. The quantitative estimate of drug-likeness (QED) is 0.832. The van der Waals surface area contributed by atoms with E-state index in [1.54, 1.807) is 4.90 Å². The third kappa shape index (κ3) is 2.56. The van der Waals surface area contributed by atoms with Crippen molar-refractivity contribution in [3.05, 3.63) is 32.6 Å². The molecule has 4 rings (SSSR count). The third-order valence-electron chi connectivity index (χ3n) is 6.76. The minimum Gasteiger partial charge on any atom is -0.342 e. The lowest BCUT2D eigenvalue weighted by molar-refractivity contribution is -0.143. The number of carbonyl (C=O) groups excluding carboxylic acids is 2. The zero-order valence-corrected chi connectivity index (χ0v) is 15.9. The number of amides is 2. The first-order valence-electron chi connectivity index (χ1n) is 9.81. The van der Waals surface area contributed by atoms with Gasteiger partial charge < -0.3 is 14.4 Å². The van der Waals surface area contributed by atoms with Gasteiger partial charge in [0.25, 0.3) is 11.5 Å². The molecule has 8 heteroatoms. The van der Waals surface area contributed by atoms with Crippen molar-refractivity contribution >= 4 is 11.8 Å². The van der Waals surface area contributed by atoms with Crippen LogP contribution in [0.4, 0.5) is 0 Å². The molecule has 1 aromatic rings. The summed E-state index contributed by atoms with van der Waals surface area (Å²) in [6.45, 7) is 3.62. The van der Waals surface area contributed by atoms with Crippen LogP contribution in [0.3, 0.4) is 0 Å². The minimum absolute atomic E-state index is 0.0226. The zero-order valence-electron chi connectivity index (χ0n) is 15.9. The van der Waals surface area contributed by atoms with E-state index in [9.17, 15) is 19.2 Å². The Bertz CT molecular complexity index is 898. The number of fused-ring (bicyclic) bond motifs is 2. The molecule has 0 aliphatic carbocycles. The van der Waals surface area contributed by atoms with Gasteiger partial charge in [0.2, 0.25) is 5.91 Å². The van der Waals surface area contributed by atoms with E-state index < -0.39 is 16.7 Å². The summed E-state index contributed by atoms with van der Waals surface area (Å²) in [5.41, 5.74) is -1.79. The molecule has 0 saturated carbocycles. The van der Waals surface area contributed by atoms with Crippen LogP contribution in [0.25, 0.3) is 0 Å². The number of carbonyl (C=O) groups is 2. The van der Waals surface area contributed by atoms with Crippen molar-refractivity contribution in [2.75, 3.05) is 13.1 Å². The minimum atomic E-state index is -0.664. The van der Waals surface area contributed by atoms with E-state index in [2.05, 4.69) is 4.98 Å². The molecular formula is C19H26N4O4. The Hall–Kier alpha value is -2.38. The topological polar surface area (TPSA) is 95.5 Å². The summed E-state index contributed by atoms with van der Waals surface area (Å²) >= 11 is 0. The second-order valence-electron chi connectivity index (χ2n) is 8.09. The van der Waals surface area contributed by atoms with E-state index in [-0.39, 0.29) is 29.5 Å². The Morgan fingerprint density at radius 3 is 2.59 bits per heavy atom. The highest BCUT2D eigenvalue weighted by Crippen LogP contribution is 2.53. The van der Waals surface area contributed by atoms with E-state index >= 15 is 0 Å². The smallest absolute Gasteiger partial charge is 0.328 e. The number of H-pyrrole nitrogens is 1.